The molecule has 0 amide bonds. The summed E-state index contributed by atoms with van der Waals surface area (Å²) in [4.78, 5) is 0.381. The molecule has 1 aromatic rings. The van der Waals surface area contributed by atoms with Crippen molar-refractivity contribution in [1.29, 1.82) is 0 Å². The van der Waals surface area contributed by atoms with Gasteiger partial charge in [-0.05, 0) is 29.0 Å². The number of benzene rings is 1. The van der Waals surface area contributed by atoms with Crippen LogP contribution in [0.25, 0.3) is 5.57 Å². The van der Waals surface area contributed by atoms with E-state index >= 15 is 0 Å². The van der Waals surface area contributed by atoms with Crippen LogP contribution >= 0.6 is 11.8 Å². The molecule has 1 aliphatic rings. The monoisotopic (exact) mass is 269 g/mol. The molecule has 1 aromatic carbocycles. The molecule has 3 nitrogen and oxygen atoms in total. The van der Waals surface area contributed by atoms with Gasteiger partial charge >= 0.3 is 0 Å². The summed E-state index contributed by atoms with van der Waals surface area (Å²) in [6.45, 7) is 4.18. The van der Waals surface area contributed by atoms with Crippen molar-refractivity contribution in [2.45, 2.75) is 24.0 Å². The summed E-state index contributed by atoms with van der Waals surface area (Å²) >= 11 is 1.73. The molecule has 5 heteroatoms. The second kappa shape index (κ2) is 4.38. The van der Waals surface area contributed by atoms with E-state index in [-0.39, 0.29) is 0 Å². The van der Waals surface area contributed by atoms with Crippen molar-refractivity contribution in [3.8, 4) is 0 Å². The lowest BCUT2D eigenvalue weighted by atomic mass is 10.1. The minimum atomic E-state index is -3.25. The van der Waals surface area contributed by atoms with Crippen LogP contribution in [0.1, 0.15) is 19.4 Å². The molecule has 0 bridgehead atoms. The molecule has 1 aliphatic heterocycles. The van der Waals surface area contributed by atoms with E-state index in [2.05, 4.69) is 13.8 Å². The lowest BCUT2D eigenvalue weighted by Gasteiger charge is -2.07. The van der Waals surface area contributed by atoms with Gasteiger partial charge in [0.15, 0.2) is 0 Å². The first kappa shape index (κ1) is 12.5. The predicted molar refractivity (Wildman–Crippen MR) is 73.6 cm³/mol. The van der Waals surface area contributed by atoms with Gasteiger partial charge in [-0.1, -0.05) is 13.8 Å². The molecule has 0 atom stereocenters. The van der Waals surface area contributed by atoms with Crippen molar-refractivity contribution in [3.05, 3.63) is 29.2 Å². The molecule has 0 saturated carbocycles. The summed E-state index contributed by atoms with van der Waals surface area (Å²) < 4.78 is 23.8. The summed E-state index contributed by atoms with van der Waals surface area (Å²) in [7, 11) is -3.25. The summed E-state index contributed by atoms with van der Waals surface area (Å²) in [5.41, 5.74) is 7.92. The molecule has 0 aliphatic carbocycles. The van der Waals surface area contributed by atoms with Crippen LogP contribution in [0.4, 0.5) is 5.69 Å². The number of rotatable bonds is 3. The van der Waals surface area contributed by atoms with Crippen LogP contribution in [0.5, 0.6) is 0 Å². The van der Waals surface area contributed by atoms with Crippen LogP contribution in [0.15, 0.2) is 28.5 Å². The van der Waals surface area contributed by atoms with Crippen LogP contribution in [-0.4, -0.2) is 19.4 Å². The Balaban J connectivity index is 2.41. The van der Waals surface area contributed by atoms with E-state index in [1.54, 1.807) is 30.0 Å². The van der Waals surface area contributed by atoms with Crippen LogP contribution in [-0.2, 0) is 9.84 Å². The lowest BCUT2D eigenvalue weighted by molar-refractivity contribution is 0.605. The number of hydrogen-bond donors (Lipinski definition) is 1. The molecule has 0 fully saturated rings. The van der Waals surface area contributed by atoms with E-state index in [9.17, 15) is 8.42 Å². The van der Waals surface area contributed by atoms with Crippen LogP contribution in [0, 0.1) is 0 Å². The average molecular weight is 269 g/mol. The Labute approximate surface area is 106 Å². The third-order valence-corrected chi connectivity index (χ3v) is 5.23. The molecule has 0 unspecified atom stereocenters. The van der Waals surface area contributed by atoms with Crippen LogP contribution in [0.3, 0.4) is 0 Å². The second-order valence-electron chi connectivity index (χ2n) is 4.30. The van der Waals surface area contributed by atoms with E-state index < -0.39 is 9.84 Å². The van der Waals surface area contributed by atoms with Crippen LogP contribution < -0.4 is 5.73 Å². The summed E-state index contributed by atoms with van der Waals surface area (Å²) in [6, 6.07) is 4.96. The fraction of sp³-hybridized carbons (Fsp3) is 0.333. The molecule has 0 spiro atoms. The molecule has 17 heavy (non-hydrogen) atoms. The van der Waals surface area contributed by atoms with E-state index in [1.807, 2.05) is 0 Å². The molecule has 92 valence electrons. The minimum Gasteiger partial charge on any atom is -0.399 e. The van der Waals surface area contributed by atoms with E-state index in [0.717, 1.165) is 11.1 Å². The van der Waals surface area contributed by atoms with Crippen LogP contribution in [0.2, 0.25) is 0 Å². The first-order chi connectivity index (χ1) is 7.90. The maximum absolute atomic E-state index is 11.9. The van der Waals surface area contributed by atoms with Gasteiger partial charge < -0.3 is 5.73 Å². The Bertz CT molecular complexity index is 574. The Morgan fingerprint density at radius 1 is 1.35 bits per heavy atom. The molecule has 1 heterocycles. The quantitative estimate of drug-likeness (QED) is 0.857. The maximum atomic E-state index is 11.9. The fourth-order valence-corrected chi connectivity index (χ4v) is 4.05. The van der Waals surface area contributed by atoms with E-state index in [4.69, 9.17) is 5.73 Å². The van der Waals surface area contributed by atoms with Gasteiger partial charge in [-0.25, -0.2) is 8.42 Å². The highest BCUT2D eigenvalue weighted by atomic mass is 32.2. The highest BCUT2D eigenvalue weighted by Crippen LogP contribution is 2.36. The number of hydrogen-bond acceptors (Lipinski definition) is 4. The second-order valence-corrected chi connectivity index (χ2v) is 7.63. The van der Waals surface area contributed by atoms with Gasteiger partial charge in [0.2, 0.25) is 9.84 Å². The van der Waals surface area contributed by atoms with E-state index in [1.165, 1.54) is 5.41 Å². The maximum Gasteiger partial charge on any atom is 0.200 e. The van der Waals surface area contributed by atoms with Gasteiger partial charge in [0.1, 0.15) is 0 Å². The number of sulfone groups is 1. The lowest BCUT2D eigenvalue weighted by Crippen LogP contribution is -1.95. The van der Waals surface area contributed by atoms with Gasteiger partial charge in [-0.15, -0.1) is 0 Å². The molecule has 0 radical (unpaired) electrons. The molecule has 2 rings (SSSR count). The van der Waals surface area contributed by atoms with Gasteiger partial charge in [0.05, 0.1) is 4.90 Å². The molecular weight excluding hydrogens is 254 g/mol. The van der Waals surface area contributed by atoms with Gasteiger partial charge in [0, 0.05) is 22.4 Å². The predicted octanol–water partition coefficient (Wildman–Crippen LogP) is 2.54. The number of thioether (sulfide) groups is 1. The number of anilines is 1. The molecule has 0 aromatic heterocycles. The number of nitrogen functional groups attached to an aromatic ring is 1. The first-order valence-corrected chi connectivity index (χ1v) is 7.97. The standard InChI is InChI=1S/C12H15NO2S2/c1-8(2)16-6-9-7-17(14,15)12-4-3-10(13)5-11(9)12/h3-5,7-8H,6,13H2,1-2H3. The Morgan fingerprint density at radius 2 is 2.06 bits per heavy atom. The van der Waals surface area contributed by atoms with Gasteiger partial charge in [0.25, 0.3) is 0 Å². The minimum absolute atomic E-state index is 0.381. The summed E-state index contributed by atoms with van der Waals surface area (Å²) in [5, 5.41) is 1.84. The summed E-state index contributed by atoms with van der Waals surface area (Å²) in [6.07, 6.45) is 0. The van der Waals surface area contributed by atoms with Crippen molar-refractivity contribution < 1.29 is 8.42 Å². The van der Waals surface area contributed by atoms with Crippen molar-refractivity contribution >= 4 is 32.9 Å². The molecule has 2 N–H and O–H groups in total. The largest absolute Gasteiger partial charge is 0.399 e. The molecule has 0 saturated heterocycles. The van der Waals surface area contributed by atoms with Crippen molar-refractivity contribution in [2.75, 3.05) is 11.5 Å². The van der Waals surface area contributed by atoms with Gasteiger partial charge in [-0.3, -0.25) is 0 Å². The van der Waals surface area contributed by atoms with Crippen molar-refractivity contribution in [3.63, 3.8) is 0 Å². The zero-order valence-electron chi connectivity index (χ0n) is 9.80. The highest BCUT2D eigenvalue weighted by Gasteiger charge is 2.26. The van der Waals surface area contributed by atoms with Crippen molar-refractivity contribution in [1.82, 2.24) is 0 Å². The Kier molecular flexibility index (Phi) is 3.23. The zero-order valence-corrected chi connectivity index (χ0v) is 11.4. The zero-order chi connectivity index (χ0) is 12.6. The number of fused-ring (bicyclic) bond motifs is 1. The number of nitrogens with two attached hydrogens (primary N) is 1. The summed E-state index contributed by atoms with van der Waals surface area (Å²) in [5.74, 6) is 0.702. The van der Waals surface area contributed by atoms with E-state index in [0.29, 0.717) is 21.6 Å². The Morgan fingerprint density at radius 3 is 2.71 bits per heavy atom. The fourth-order valence-electron chi connectivity index (χ4n) is 1.73. The molecular formula is C12H15NO2S2. The SMILES string of the molecule is CC(C)SCC1=CS(=O)(=O)c2ccc(N)cc21. The smallest absolute Gasteiger partial charge is 0.200 e. The normalized spacial score (nSPS) is 17.0. The first-order valence-electron chi connectivity index (χ1n) is 5.37. The average Bonchev–Trinajstić information content (AvgIpc) is 2.47. The third-order valence-electron chi connectivity index (χ3n) is 2.53. The van der Waals surface area contributed by atoms with Gasteiger partial charge in [-0.2, -0.15) is 11.8 Å². The third kappa shape index (κ3) is 2.50. The topological polar surface area (TPSA) is 60.2 Å². The Hall–Kier alpha value is -0.940. The van der Waals surface area contributed by atoms with Crippen molar-refractivity contribution in [2.24, 2.45) is 0 Å². The highest BCUT2D eigenvalue weighted by molar-refractivity contribution is 8.00.